The second-order valence-electron chi connectivity index (χ2n) is 4.89. The molecule has 1 aromatic rings. The number of rotatable bonds is 4. The molecule has 0 saturated carbocycles. The number of nitrogens with one attached hydrogen (secondary N) is 1. The van der Waals surface area contributed by atoms with E-state index in [9.17, 15) is 8.78 Å². The van der Waals surface area contributed by atoms with Crippen molar-refractivity contribution in [2.75, 3.05) is 6.61 Å². The lowest BCUT2D eigenvalue weighted by Crippen LogP contribution is -2.52. The first kappa shape index (κ1) is 13.4. The topological polar surface area (TPSA) is 47.3 Å². The van der Waals surface area contributed by atoms with Crippen LogP contribution >= 0.6 is 0 Å². The van der Waals surface area contributed by atoms with Crippen LogP contribution in [-0.2, 0) is 11.2 Å². The van der Waals surface area contributed by atoms with Crippen LogP contribution in [0.3, 0.4) is 0 Å². The van der Waals surface area contributed by atoms with Crippen molar-refractivity contribution in [1.82, 2.24) is 5.43 Å². The summed E-state index contributed by atoms with van der Waals surface area (Å²) in [5.74, 6) is 4.42. The summed E-state index contributed by atoms with van der Waals surface area (Å²) in [5.41, 5.74) is 2.21. The third-order valence-corrected chi connectivity index (χ3v) is 3.66. The molecule has 5 heteroatoms. The van der Waals surface area contributed by atoms with Crippen LogP contribution < -0.4 is 11.3 Å². The van der Waals surface area contributed by atoms with E-state index in [0.29, 0.717) is 6.61 Å². The highest BCUT2D eigenvalue weighted by Crippen LogP contribution is 2.30. The highest BCUT2D eigenvalue weighted by Gasteiger charge is 2.38. The molecule has 0 aromatic heterocycles. The van der Waals surface area contributed by atoms with Gasteiger partial charge in [0.25, 0.3) is 0 Å². The monoisotopic (exact) mass is 256 g/mol. The summed E-state index contributed by atoms with van der Waals surface area (Å²) >= 11 is 0. The molecule has 1 fully saturated rings. The molecule has 1 aromatic carbocycles. The standard InChI is InChI=1S/C13H18F2N2O/c1-13(6-3-7-18-13)12(17-16)8-9-10(14)4-2-5-11(9)15/h2,4-5,12,17H,3,6-8,16H2,1H3. The minimum Gasteiger partial charge on any atom is -0.374 e. The molecule has 0 bridgehead atoms. The van der Waals surface area contributed by atoms with Crippen LogP contribution in [0.1, 0.15) is 25.3 Å². The summed E-state index contributed by atoms with van der Waals surface area (Å²) in [6.45, 7) is 2.58. The summed E-state index contributed by atoms with van der Waals surface area (Å²) in [4.78, 5) is 0. The summed E-state index contributed by atoms with van der Waals surface area (Å²) < 4.78 is 32.9. The quantitative estimate of drug-likeness (QED) is 0.639. The van der Waals surface area contributed by atoms with Crippen molar-refractivity contribution in [2.24, 2.45) is 5.84 Å². The molecule has 2 rings (SSSR count). The van der Waals surface area contributed by atoms with Gasteiger partial charge < -0.3 is 4.74 Å². The fraction of sp³-hybridized carbons (Fsp3) is 0.538. The Bertz CT molecular complexity index is 399. The van der Waals surface area contributed by atoms with Crippen molar-refractivity contribution >= 4 is 0 Å². The van der Waals surface area contributed by atoms with E-state index >= 15 is 0 Å². The van der Waals surface area contributed by atoms with Crippen LogP contribution in [0.4, 0.5) is 8.78 Å². The number of hydrogen-bond acceptors (Lipinski definition) is 3. The van der Waals surface area contributed by atoms with Gasteiger partial charge in [0.05, 0.1) is 11.6 Å². The summed E-state index contributed by atoms with van der Waals surface area (Å²) in [6.07, 6.45) is 1.94. The highest BCUT2D eigenvalue weighted by molar-refractivity contribution is 5.21. The maximum absolute atomic E-state index is 13.6. The maximum Gasteiger partial charge on any atom is 0.129 e. The minimum absolute atomic E-state index is 0.0529. The van der Waals surface area contributed by atoms with Gasteiger partial charge in [-0.05, 0) is 38.3 Å². The predicted octanol–water partition coefficient (Wildman–Crippen LogP) is 1.91. The third kappa shape index (κ3) is 2.53. The lowest BCUT2D eigenvalue weighted by atomic mass is 9.88. The van der Waals surface area contributed by atoms with Gasteiger partial charge in [0.2, 0.25) is 0 Å². The summed E-state index contributed by atoms with van der Waals surface area (Å²) in [5, 5.41) is 0. The molecular weight excluding hydrogens is 238 g/mol. The highest BCUT2D eigenvalue weighted by atomic mass is 19.1. The zero-order chi connectivity index (χ0) is 13.2. The molecule has 3 N–H and O–H groups in total. The van der Waals surface area contributed by atoms with Gasteiger partial charge in [0.1, 0.15) is 11.6 Å². The number of ether oxygens (including phenoxy) is 1. The van der Waals surface area contributed by atoms with Gasteiger partial charge in [-0.3, -0.25) is 11.3 Å². The second kappa shape index (κ2) is 5.30. The first-order chi connectivity index (χ1) is 8.57. The van der Waals surface area contributed by atoms with E-state index in [2.05, 4.69) is 5.43 Å². The van der Waals surface area contributed by atoms with Crippen LogP contribution in [0.25, 0.3) is 0 Å². The normalized spacial score (nSPS) is 25.3. The number of hydrogen-bond donors (Lipinski definition) is 2. The Morgan fingerprint density at radius 1 is 1.44 bits per heavy atom. The van der Waals surface area contributed by atoms with Gasteiger partial charge in [-0.15, -0.1) is 0 Å². The molecule has 2 atom stereocenters. The Balaban J connectivity index is 2.20. The SMILES string of the molecule is CC1(C(Cc2c(F)cccc2F)NN)CCCO1. The average molecular weight is 256 g/mol. The van der Waals surface area contributed by atoms with E-state index in [-0.39, 0.29) is 18.0 Å². The first-order valence-corrected chi connectivity index (χ1v) is 6.10. The van der Waals surface area contributed by atoms with Crippen molar-refractivity contribution in [3.8, 4) is 0 Å². The Hall–Kier alpha value is -1.04. The van der Waals surface area contributed by atoms with Gasteiger partial charge in [0.15, 0.2) is 0 Å². The first-order valence-electron chi connectivity index (χ1n) is 6.10. The third-order valence-electron chi connectivity index (χ3n) is 3.66. The number of hydrazine groups is 1. The van der Waals surface area contributed by atoms with E-state index in [1.807, 2.05) is 6.92 Å². The largest absolute Gasteiger partial charge is 0.374 e. The van der Waals surface area contributed by atoms with Gasteiger partial charge in [-0.2, -0.15) is 0 Å². The molecule has 100 valence electrons. The summed E-state index contributed by atoms with van der Waals surface area (Å²) in [7, 11) is 0. The molecule has 0 amide bonds. The fourth-order valence-electron chi connectivity index (χ4n) is 2.46. The van der Waals surface area contributed by atoms with Crippen LogP contribution in [0.5, 0.6) is 0 Å². The van der Waals surface area contributed by atoms with E-state index in [1.165, 1.54) is 18.2 Å². The fourth-order valence-corrected chi connectivity index (χ4v) is 2.46. The maximum atomic E-state index is 13.6. The van der Waals surface area contributed by atoms with Crippen molar-refractivity contribution in [3.05, 3.63) is 35.4 Å². The zero-order valence-electron chi connectivity index (χ0n) is 10.4. The van der Waals surface area contributed by atoms with Crippen LogP contribution in [0, 0.1) is 11.6 Å². The van der Waals surface area contributed by atoms with E-state index in [0.717, 1.165) is 12.8 Å². The lowest BCUT2D eigenvalue weighted by Gasteiger charge is -2.33. The Morgan fingerprint density at radius 3 is 2.61 bits per heavy atom. The number of halogens is 2. The van der Waals surface area contributed by atoms with Gasteiger partial charge >= 0.3 is 0 Å². The molecule has 1 aliphatic rings. The van der Waals surface area contributed by atoms with Crippen molar-refractivity contribution < 1.29 is 13.5 Å². The van der Waals surface area contributed by atoms with E-state index < -0.39 is 17.2 Å². The molecule has 0 radical (unpaired) electrons. The average Bonchev–Trinajstić information content (AvgIpc) is 2.77. The van der Waals surface area contributed by atoms with Gasteiger partial charge in [-0.1, -0.05) is 6.07 Å². The predicted molar refractivity (Wildman–Crippen MR) is 64.8 cm³/mol. The second-order valence-corrected chi connectivity index (χ2v) is 4.89. The van der Waals surface area contributed by atoms with Crippen molar-refractivity contribution in [3.63, 3.8) is 0 Å². The number of nitrogens with two attached hydrogens (primary N) is 1. The molecule has 1 aliphatic heterocycles. The molecule has 0 spiro atoms. The number of benzene rings is 1. The van der Waals surface area contributed by atoms with Crippen LogP contribution in [0.2, 0.25) is 0 Å². The van der Waals surface area contributed by atoms with Crippen molar-refractivity contribution in [1.29, 1.82) is 0 Å². The van der Waals surface area contributed by atoms with Gasteiger partial charge in [-0.25, -0.2) is 8.78 Å². The van der Waals surface area contributed by atoms with Crippen molar-refractivity contribution in [2.45, 2.75) is 37.8 Å². The van der Waals surface area contributed by atoms with E-state index in [1.54, 1.807) is 0 Å². The molecule has 18 heavy (non-hydrogen) atoms. The lowest BCUT2D eigenvalue weighted by molar-refractivity contribution is -0.0118. The molecule has 1 heterocycles. The molecule has 0 aliphatic carbocycles. The van der Waals surface area contributed by atoms with Crippen LogP contribution in [0.15, 0.2) is 18.2 Å². The molecule has 3 nitrogen and oxygen atoms in total. The Labute approximate surface area is 105 Å². The minimum atomic E-state index is -0.545. The van der Waals surface area contributed by atoms with Gasteiger partial charge in [0, 0.05) is 12.2 Å². The molecule has 1 saturated heterocycles. The zero-order valence-corrected chi connectivity index (χ0v) is 10.4. The molecule has 2 unspecified atom stereocenters. The molecular formula is C13H18F2N2O. The van der Waals surface area contributed by atoms with Crippen LogP contribution in [-0.4, -0.2) is 18.2 Å². The Morgan fingerprint density at radius 2 is 2.11 bits per heavy atom. The summed E-state index contributed by atoms with van der Waals surface area (Å²) in [6, 6.07) is 3.55. The smallest absolute Gasteiger partial charge is 0.129 e. The Kier molecular flexibility index (Phi) is 3.94. The van der Waals surface area contributed by atoms with E-state index in [4.69, 9.17) is 10.6 Å².